The van der Waals surface area contributed by atoms with E-state index in [1.54, 1.807) is 13.0 Å². The number of hydrogen-bond donors (Lipinski definition) is 1. The maximum atomic E-state index is 13.2. The van der Waals surface area contributed by atoms with Crippen LogP contribution in [-0.2, 0) is 6.18 Å². The smallest absolute Gasteiger partial charge is 0.390 e. The van der Waals surface area contributed by atoms with E-state index in [2.05, 4.69) is 21.0 Å². The van der Waals surface area contributed by atoms with Crippen molar-refractivity contribution in [3.63, 3.8) is 0 Å². The molecular formula is C13H12BrF3N2O. The number of alkyl halides is 3. The van der Waals surface area contributed by atoms with Crippen LogP contribution in [0.15, 0.2) is 22.8 Å². The SMILES string of the molecule is CC1(O)CC(n2ncc3cc(Br)cc(C(F)(F)F)c32)C1. The minimum absolute atomic E-state index is 0.0844. The molecule has 1 N–H and O–H groups in total. The lowest BCUT2D eigenvalue weighted by molar-refractivity contribution is -0.136. The molecule has 3 nitrogen and oxygen atoms in total. The Hall–Kier alpha value is -1.08. The Morgan fingerprint density at radius 1 is 1.40 bits per heavy atom. The fourth-order valence-corrected chi connectivity index (χ4v) is 3.25. The van der Waals surface area contributed by atoms with Gasteiger partial charge in [-0.15, -0.1) is 0 Å². The number of rotatable bonds is 1. The number of hydrogen-bond acceptors (Lipinski definition) is 2. The summed E-state index contributed by atoms with van der Waals surface area (Å²) in [7, 11) is 0. The molecule has 108 valence electrons. The molecule has 1 heterocycles. The Kier molecular flexibility index (Phi) is 2.92. The number of nitrogens with zero attached hydrogens (tertiary/aromatic N) is 2. The third-order valence-electron chi connectivity index (χ3n) is 3.66. The number of fused-ring (bicyclic) bond motifs is 1. The normalized spacial score (nSPS) is 26.8. The minimum atomic E-state index is -4.44. The summed E-state index contributed by atoms with van der Waals surface area (Å²) in [6.45, 7) is 1.68. The van der Waals surface area contributed by atoms with Gasteiger partial charge in [0, 0.05) is 9.86 Å². The zero-order valence-electron chi connectivity index (χ0n) is 10.6. The van der Waals surface area contributed by atoms with Crippen molar-refractivity contribution in [2.75, 3.05) is 0 Å². The summed E-state index contributed by atoms with van der Waals surface area (Å²) in [4.78, 5) is 0. The zero-order chi connectivity index (χ0) is 14.7. The molecule has 1 aromatic heterocycles. The molecule has 0 radical (unpaired) electrons. The fraction of sp³-hybridized carbons (Fsp3) is 0.462. The summed E-state index contributed by atoms with van der Waals surface area (Å²) >= 11 is 3.09. The number of halogens is 4. The lowest BCUT2D eigenvalue weighted by Crippen LogP contribution is -2.42. The summed E-state index contributed by atoms with van der Waals surface area (Å²) in [6.07, 6.45) is -2.18. The Bertz CT molecular complexity index is 670. The van der Waals surface area contributed by atoms with Gasteiger partial charge in [0.25, 0.3) is 0 Å². The number of benzene rings is 1. The van der Waals surface area contributed by atoms with E-state index in [-0.39, 0.29) is 11.6 Å². The monoisotopic (exact) mass is 348 g/mol. The highest BCUT2D eigenvalue weighted by molar-refractivity contribution is 9.10. The molecule has 20 heavy (non-hydrogen) atoms. The molecule has 0 atom stereocenters. The predicted octanol–water partition coefficient (Wildman–Crippen LogP) is 3.90. The van der Waals surface area contributed by atoms with E-state index in [1.807, 2.05) is 0 Å². The Morgan fingerprint density at radius 3 is 2.60 bits per heavy atom. The van der Waals surface area contributed by atoms with E-state index in [0.29, 0.717) is 22.7 Å². The molecule has 1 aromatic carbocycles. The maximum Gasteiger partial charge on any atom is 0.418 e. The molecule has 0 spiro atoms. The lowest BCUT2D eigenvalue weighted by atomic mass is 9.77. The van der Waals surface area contributed by atoms with E-state index in [1.165, 1.54) is 10.9 Å². The Balaban J connectivity index is 2.16. The van der Waals surface area contributed by atoms with Crippen molar-refractivity contribution in [1.82, 2.24) is 9.78 Å². The van der Waals surface area contributed by atoms with E-state index < -0.39 is 17.3 Å². The summed E-state index contributed by atoms with van der Waals surface area (Å²) < 4.78 is 41.3. The molecule has 0 bridgehead atoms. The van der Waals surface area contributed by atoms with Crippen LogP contribution in [-0.4, -0.2) is 20.5 Å². The van der Waals surface area contributed by atoms with E-state index >= 15 is 0 Å². The van der Waals surface area contributed by atoms with Crippen LogP contribution in [0.1, 0.15) is 31.4 Å². The van der Waals surface area contributed by atoms with Gasteiger partial charge in [-0.3, -0.25) is 4.68 Å². The van der Waals surface area contributed by atoms with E-state index in [9.17, 15) is 18.3 Å². The van der Waals surface area contributed by atoms with E-state index in [4.69, 9.17) is 0 Å². The van der Waals surface area contributed by atoms with Crippen LogP contribution in [0.4, 0.5) is 13.2 Å². The van der Waals surface area contributed by atoms with Gasteiger partial charge >= 0.3 is 6.18 Å². The first kappa shape index (κ1) is 13.9. The van der Waals surface area contributed by atoms with Gasteiger partial charge in [-0.1, -0.05) is 15.9 Å². The summed E-state index contributed by atoms with van der Waals surface area (Å²) in [6, 6.07) is 2.49. The highest BCUT2D eigenvalue weighted by Crippen LogP contribution is 2.44. The van der Waals surface area contributed by atoms with Crippen molar-refractivity contribution in [2.45, 2.75) is 37.6 Å². The Labute approximate surface area is 121 Å². The molecule has 0 unspecified atom stereocenters. The number of aliphatic hydroxyl groups is 1. The van der Waals surface area contributed by atoms with Crippen molar-refractivity contribution >= 4 is 26.8 Å². The van der Waals surface area contributed by atoms with Gasteiger partial charge in [-0.05, 0) is 31.9 Å². The topological polar surface area (TPSA) is 38.0 Å². The molecule has 3 rings (SSSR count). The van der Waals surface area contributed by atoms with Gasteiger partial charge in [-0.25, -0.2) is 0 Å². The molecule has 1 fully saturated rings. The Morgan fingerprint density at radius 2 is 2.05 bits per heavy atom. The van der Waals surface area contributed by atoms with Crippen LogP contribution in [0, 0.1) is 0 Å². The summed E-state index contributed by atoms with van der Waals surface area (Å²) in [5, 5.41) is 14.3. The fourth-order valence-electron chi connectivity index (χ4n) is 2.78. The molecular weight excluding hydrogens is 337 g/mol. The van der Waals surface area contributed by atoms with Crippen molar-refractivity contribution in [3.8, 4) is 0 Å². The summed E-state index contributed by atoms with van der Waals surface area (Å²) in [5.41, 5.74) is -1.43. The van der Waals surface area contributed by atoms with Crippen LogP contribution >= 0.6 is 15.9 Å². The van der Waals surface area contributed by atoms with Gasteiger partial charge in [0.2, 0.25) is 0 Å². The molecule has 1 aliphatic rings. The molecule has 0 saturated heterocycles. The lowest BCUT2D eigenvalue weighted by Gasteiger charge is -2.41. The third kappa shape index (κ3) is 2.22. The van der Waals surface area contributed by atoms with Gasteiger partial charge in [0.15, 0.2) is 0 Å². The van der Waals surface area contributed by atoms with Crippen molar-refractivity contribution in [2.24, 2.45) is 0 Å². The van der Waals surface area contributed by atoms with Crippen LogP contribution in [0.25, 0.3) is 10.9 Å². The third-order valence-corrected chi connectivity index (χ3v) is 4.11. The van der Waals surface area contributed by atoms with Crippen molar-refractivity contribution < 1.29 is 18.3 Å². The predicted molar refractivity (Wildman–Crippen MR) is 71.3 cm³/mol. The van der Waals surface area contributed by atoms with Gasteiger partial charge in [0.1, 0.15) is 0 Å². The molecule has 1 saturated carbocycles. The zero-order valence-corrected chi connectivity index (χ0v) is 12.2. The molecule has 2 aromatic rings. The first-order valence-corrected chi connectivity index (χ1v) is 6.93. The van der Waals surface area contributed by atoms with Crippen LogP contribution < -0.4 is 0 Å². The summed E-state index contributed by atoms with van der Waals surface area (Å²) in [5.74, 6) is 0. The van der Waals surface area contributed by atoms with Crippen LogP contribution in [0.3, 0.4) is 0 Å². The van der Waals surface area contributed by atoms with Gasteiger partial charge in [0.05, 0.1) is 28.9 Å². The first-order chi connectivity index (χ1) is 9.17. The van der Waals surface area contributed by atoms with Gasteiger partial charge < -0.3 is 5.11 Å². The standard InChI is InChI=1S/C13H12BrF3N2O/c1-12(20)4-9(5-12)19-11-7(6-18-19)2-8(14)3-10(11)13(15,16)17/h2-3,6,9,20H,4-5H2,1H3. The molecule has 0 amide bonds. The van der Waals surface area contributed by atoms with Crippen molar-refractivity contribution in [1.29, 1.82) is 0 Å². The maximum absolute atomic E-state index is 13.2. The second-order valence-corrected chi connectivity index (χ2v) is 6.45. The number of aromatic nitrogens is 2. The van der Waals surface area contributed by atoms with Crippen LogP contribution in [0.5, 0.6) is 0 Å². The molecule has 7 heteroatoms. The largest absolute Gasteiger partial charge is 0.418 e. The average molecular weight is 349 g/mol. The first-order valence-electron chi connectivity index (χ1n) is 6.14. The average Bonchev–Trinajstić information content (AvgIpc) is 2.66. The quantitative estimate of drug-likeness (QED) is 0.848. The molecule has 0 aliphatic heterocycles. The highest BCUT2D eigenvalue weighted by Gasteiger charge is 2.42. The molecule has 1 aliphatic carbocycles. The second-order valence-electron chi connectivity index (χ2n) is 5.54. The van der Waals surface area contributed by atoms with Gasteiger partial charge in [-0.2, -0.15) is 18.3 Å². The highest BCUT2D eigenvalue weighted by atomic mass is 79.9. The minimum Gasteiger partial charge on any atom is -0.390 e. The van der Waals surface area contributed by atoms with E-state index in [0.717, 1.165) is 6.07 Å². The second kappa shape index (κ2) is 4.21. The van der Waals surface area contributed by atoms with Crippen molar-refractivity contribution in [3.05, 3.63) is 28.4 Å². The van der Waals surface area contributed by atoms with Crippen LogP contribution in [0.2, 0.25) is 0 Å².